The number of methoxy groups -OCH3 is 2. The molecule has 0 aliphatic heterocycles. The third-order valence-electron chi connectivity index (χ3n) is 3.28. The Hall–Kier alpha value is -2.44. The van der Waals surface area contributed by atoms with E-state index in [0.717, 1.165) is 22.5 Å². The first kappa shape index (κ1) is 15.9. The molecule has 6 nitrogen and oxygen atoms in total. The molecule has 0 saturated carbocycles. The molecule has 0 saturated heterocycles. The van der Waals surface area contributed by atoms with Crippen LogP contribution in [0.4, 0.5) is 11.4 Å². The van der Waals surface area contributed by atoms with Crippen LogP contribution in [0.15, 0.2) is 36.4 Å². The molecule has 0 bridgehead atoms. The fourth-order valence-electron chi connectivity index (χ4n) is 2.20. The number of nitrogens with one attached hydrogen (secondary N) is 2. The molecule has 0 unspecified atom stereocenters. The number of ether oxygens (including phenoxy) is 2. The van der Waals surface area contributed by atoms with E-state index in [1.807, 2.05) is 36.4 Å². The molecule has 4 N–H and O–H groups in total. The molecule has 118 valence electrons. The molecule has 0 spiro atoms. The maximum absolute atomic E-state index is 8.96. The Bertz CT molecular complexity index is 576. The lowest BCUT2D eigenvalue weighted by molar-refractivity contribution is 0.324. The predicted octanol–water partition coefficient (Wildman–Crippen LogP) is 2.09. The number of rotatable bonds is 7. The van der Waals surface area contributed by atoms with Crippen molar-refractivity contribution in [1.82, 2.24) is 0 Å². The van der Waals surface area contributed by atoms with E-state index in [2.05, 4.69) is 10.6 Å². The van der Waals surface area contributed by atoms with Crippen molar-refractivity contribution in [2.45, 2.75) is 0 Å². The van der Waals surface area contributed by atoms with Gasteiger partial charge in [-0.05, 0) is 35.4 Å². The molecule has 22 heavy (non-hydrogen) atoms. The van der Waals surface area contributed by atoms with Gasteiger partial charge in [-0.2, -0.15) is 0 Å². The molecule has 2 rings (SSSR count). The van der Waals surface area contributed by atoms with E-state index >= 15 is 0 Å². The average Bonchev–Trinajstić information content (AvgIpc) is 2.56. The van der Waals surface area contributed by atoms with E-state index in [9.17, 15) is 0 Å². The quantitative estimate of drug-likeness (QED) is 0.586. The van der Waals surface area contributed by atoms with Crippen molar-refractivity contribution in [2.24, 2.45) is 0 Å². The van der Waals surface area contributed by atoms with Gasteiger partial charge in [0, 0.05) is 0 Å². The summed E-state index contributed by atoms with van der Waals surface area (Å²) in [6.07, 6.45) is 0. The largest absolute Gasteiger partial charge is 0.495 e. The second-order valence-corrected chi connectivity index (χ2v) is 4.50. The Kier molecular flexibility index (Phi) is 5.46. The molecule has 0 fully saturated rings. The number of benzene rings is 2. The molecule has 0 heterocycles. The first-order chi connectivity index (χ1) is 10.7. The topological polar surface area (TPSA) is 83.0 Å². The van der Waals surface area contributed by atoms with Crippen molar-refractivity contribution >= 4 is 11.4 Å². The molecule has 6 heteroatoms. The van der Waals surface area contributed by atoms with Gasteiger partial charge >= 0.3 is 0 Å². The van der Waals surface area contributed by atoms with Gasteiger partial charge in [0.2, 0.25) is 0 Å². The Labute approximate surface area is 129 Å². The fourth-order valence-corrected chi connectivity index (χ4v) is 2.20. The molecule has 2 aromatic rings. The van der Waals surface area contributed by atoms with E-state index in [1.54, 1.807) is 14.2 Å². The van der Waals surface area contributed by atoms with E-state index in [4.69, 9.17) is 19.7 Å². The van der Waals surface area contributed by atoms with Gasteiger partial charge in [0.1, 0.15) is 25.0 Å². The van der Waals surface area contributed by atoms with Crippen molar-refractivity contribution in [1.29, 1.82) is 0 Å². The highest BCUT2D eigenvalue weighted by molar-refractivity contribution is 5.74. The summed E-state index contributed by atoms with van der Waals surface area (Å²) in [5.74, 6) is 1.28. The zero-order valence-corrected chi connectivity index (χ0v) is 12.6. The SMILES string of the molecule is COc1cc(-c2ccc(NCO)c(OC)c2)ccc1NCO. The Morgan fingerprint density at radius 2 is 1.18 bits per heavy atom. The highest BCUT2D eigenvalue weighted by Crippen LogP contribution is 2.34. The van der Waals surface area contributed by atoms with Gasteiger partial charge in [0.25, 0.3) is 0 Å². The average molecular weight is 304 g/mol. The summed E-state index contributed by atoms with van der Waals surface area (Å²) in [5, 5.41) is 23.6. The van der Waals surface area contributed by atoms with Crippen LogP contribution in [0.5, 0.6) is 11.5 Å². The van der Waals surface area contributed by atoms with Gasteiger partial charge in [-0.1, -0.05) is 12.1 Å². The lowest BCUT2D eigenvalue weighted by Gasteiger charge is -2.14. The number of hydrogen-bond donors (Lipinski definition) is 4. The summed E-state index contributed by atoms with van der Waals surface area (Å²) >= 11 is 0. The first-order valence-corrected chi connectivity index (χ1v) is 6.79. The van der Waals surface area contributed by atoms with Gasteiger partial charge < -0.3 is 30.3 Å². The van der Waals surface area contributed by atoms with Crippen molar-refractivity contribution in [2.75, 3.05) is 38.3 Å². The molecule has 0 aromatic heterocycles. The first-order valence-electron chi connectivity index (χ1n) is 6.79. The Morgan fingerprint density at radius 3 is 1.50 bits per heavy atom. The number of hydrogen-bond acceptors (Lipinski definition) is 6. The van der Waals surface area contributed by atoms with Crippen LogP contribution in [-0.2, 0) is 0 Å². The number of aliphatic hydroxyl groups is 2. The third kappa shape index (κ3) is 3.41. The van der Waals surface area contributed by atoms with Crippen molar-refractivity contribution in [3.05, 3.63) is 36.4 Å². The normalized spacial score (nSPS) is 10.2. The van der Waals surface area contributed by atoms with Gasteiger partial charge in [-0.25, -0.2) is 0 Å². The van der Waals surface area contributed by atoms with Crippen molar-refractivity contribution in [3.8, 4) is 22.6 Å². The highest BCUT2D eigenvalue weighted by atomic mass is 16.5. The molecular weight excluding hydrogens is 284 g/mol. The van der Waals surface area contributed by atoms with Crippen molar-refractivity contribution < 1.29 is 19.7 Å². The van der Waals surface area contributed by atoms with Crippen LogP contribution >= 0.6 is 0 Å². The van der Waals surface area contributed by atoms with Gasteiger partial charge in [-0.3, -0.25) is 0 Å². The van der Waals surface area contributed by atoms with E-state index in [-0.39, 0.29) is 13.5 Å². The van der Waals surface area contributed by atoms with E-state index in [1.165, 1.54) is 0 Å². The van der Waals surface area contributed by atoms with Crippen LogP contribution in [0.3, 0.4) is 0 Å². The summed E-state index contributed by atoms with van der Waals surface area (Å²) in [6.45, 7) is -0.323. The summed E-state index contributed by atoms with van der Waals surface area (Å²) in [4.78, 5) is 0. The van der Waals surface area contributed by atoms with Crippen LogP contribution in [0, 0.1) is 0 Å². The number of anilines is 2. The monoisotopic (exact) mass is 304 g/mol. The van der Waals surface area contributed by atoms with Crippen LogP contribution in [0.25, 0.3) is 11.1 Å². The zero-order chi connectivity index (χ0) is 15.9. The maximum atomic E-state index is 8.96. The highest BCUT2D eigenvalue weighted by Gasteiger charge is 2.08. The fraction of sp³-hybridized carbons (Fsp3) is 0.250. The lowest BCUT2D eigenvalue weighted by Crippen LogP contribution is -2.02. The predicted molar refractivity (Wildman–Crippen MR) is 86.4 cm³/mol. The summed E-state index contributed by atoms with van der Waals surface area (Å²) in [5.41, 5.74) is 3.35. The van der Waals surface area contributed by atoms with E-state index in [0.29, 0.717) is 11.5 Å². The second-order valence-electron chi connectivity index (χ2n) is 4.50. The molecule has 0 atom stereocenters. The van der Waals surface area contributed by atoms with Crippen LogP contribution in [0.2, 0.25) is 0 Å². The Morgan fingerprint density at radius 1 is 0.773 bits per heavy atom. The van der Waals surface area contributed by atoms with Gasteiger partial charge in [0.15, 0.2) is 0 Å². The van der Waals surface area contributed by atoms with Crippen LogP contribution in [0.1, 0.15) is 0 Å². The van der Waals surface area contributed by atoms with Gasteiger partial charge in [0.05, 0.1) is 25.6 Å². The minimum Gasteiger partial charge on any atom is -0.495 e. The Balaban J connectivity index is 2.39. The molecule has 0 aliphatic carbocycles. The van der Waals surface area contributed by atoms with Crippen LogP contribution < -0.4 is 20.1 Å². The van der Waals surface area contributed by atoms with Crippen molar-refractivity contribution in [3.63, 3.8) is 0 Å². The standard InChI is InChI=1S/C16H20N2O4/c1-21-15-7-11(3-5-13(15)17-9-19)12-4-6-14(18-10-20)16(8-12)22-2/h3-8,17-20H,9-10H2,1-2H3. The maximum Gasteiger partial charge on any atom is 0.142 e. The van der Waals surface area contributed by atoms with Crippen LogP contribution in [-0.4, -0.2) is 37.9 Å². The molecule has 2 aromatic carbocycles. The number of aliphatic hydroxyl groups excluding tert-OH is 2. The van der Waals surface area contributed by atoms with E-state index < -0.39 is 0 Å². The molecule has 0 amide bonds. The second kappa shape index (κ2) is 7.53. The molecule has 0 radical (unpaired) electrons. The van der Waals surface area contributed by atoms with Gasteiger partial charge in [-0.15, -0.1) is 0 Å². The molecular formula is C16H20N2O4. The minimum atomic E-state index is -0.162. The lowest BCUT2D eigenvalue weighted by atomic mass is 10.0. The summed E-state index contributed by atoms with van der Waals surface area (Å²) in [7, 11) is 3.16. The molecule has 0 aliphatic rings. The summed E-state index contributed by atoms with van der Waals surface area (Å²) in [6, 6.07) is 11.3. The third-order valence-corrected chi connectivity index (χ3v) is 3.28. The minimum absolute atomic E-state index is 0.162. The summed E-state index contributed by atoms with van der Waals surface area (Å²) < 4.78 is 10.7. The zero-order valence-electron chi connectivity index (χ0n) is 12.6. The smallest absolute Gasteiger partial charge is 0.142 e.